The highest BCUT2D eigenvalue weighted by Gasteiger charge is 2.29. The maximum Gasteiger partial charge on any atom is 0.416 e. The second kappa shape index (κ2) is 10.8. The second-order valence-corrected chi connectivity index (χ2v) is 8.60. The van der Waals surface area contributed by atoms with E-state index in [1.165, 1.54) is 17.7 Å². The lowest BCUT2D eigenvalue weighted by Gasteiger charge is -2.07. The van der Waals surface area contributed by atoms with Gasteiger partial charge < -0.3 is 4.74 Å². The van der Waals surface area contributed by atoms with Crippen LogP contribution in [0.25, 0.3) is 0 Å². The van der Waals surface area contributed by atoms with Crippen molar-refractivity contribution in [2.45, 2.75) is 17.7 Å². The summed E-state index contributed by atoms with van der Waals surface area (Å²) in [6.45, 7) is 0. The molecule has 140 valence electrons. The Kier molecular flexibility index (Phi) is 8.81. The molecule has 26 heavy (non-hydrogen) atoms. The topological polar surface area (TPSA) is 9.23 Å². The Morgan fingerprint density at radius 1 is 1.00 bits per heavy atom. The molecule has 0 aliphatic rings. The molecule has 0 amide bonds. The van der Waals surface area contributed by atoms with Crippen molar-refractivity contribution in [3.63, 3.8) is 0 Å². The van der Waals surface area contributed by atoms with Crippen molar-refractivity contribution >= 4 is 33.3 Å². The maximum absolute atomic E-state index is 12.5. The fourth-order valence-corrected chi connectivity index (χ4v) is 4.64. The van der Waals surface area contributed by atoms with Crippen LogP contribution in [0, 0.1) is 0 Å². The molecule has 0 heterocycles. The van der Waals surface area contributed by atoms with Gasteiger partial charge in [0.15, 0.2) is 0 Å². The van der Waals surface area contributed by atoms with E-state index in [4.69, 9.17) is 4.74 Å². The summed E-state index contributed by atoms with van der Waals surface area (Å²) in [5.41, 5.74) is 1.51. The van der Waals surface area contributed by atoms with Crippen molar-refractivity contribution in [1.82, 2.24) is 0 Å². The van der Waals surface area contributed by atoms with E-state index < -0.39 is 11.7 Å². The van der Waals surface area contributed by atoms with Gasteiger partial charge in [0.05, 0.1) is 12.7 Å². The Bertz CT molecular complexity index is 700. The highest BCUT2D eigenvalue weighted by atomic mass is 33.1. The van der Waals surface area contributed by atoms with Crippen LogP contribution in [0.4, 0.5) is 13.2 Å². The first kappa shape index (κ1) is 21.1. The van der Waals surface area contributed by atoms with E-state index in [0.717, 1.165) is 35.0 Å². The molecule has 2 aromatic carbocycles. The van der Waals surface area contributed by atoms with Crippen LogP contribution in [-0.4, -0.2) is 12.9 Å². The molecule has 1 nitrogen and oxygen atoms in total. The monoisotopic (exact) mass is 416 g/mol. The zero-order valence-electron chi connectivity index (χ0n) is 14.2. The lowest BCUT2D eigenvalue weighted by atomic mass is 10.1. The Balaban J connectivity index is 1.61. The third kappa shape index (κ3) is 7.60. The first-order chi connectivity index (χ1) is 12.5. The van der Waals surface area contributed by atoms with E-state index in [2.05, 4.69) is 12.1 Å². The van der Waals surface area contributed by atoms with Gasteiger partial charge in [-0.05, 0) is 40.8 Å². The summed E-state index contributed by atoms with van der Waals surface area (Å²) in [4.78, 5) is 0. The van der Waals surface area contributed by atoms with Crippen LogP contribution < -0.4 is 4.74 Å². The predicted molar refractivity (Wildman–Crippen MR) is 109 cm³/mol. The third-order valence-corrected chi connectivity index (χ3v) is 6.30. The van der Waals surface area contributed by atoms with Crippen molar-refractivity contribution < 1.29 is 17.9 Å². The van der Waals surface area contributed by atoms with Gasteiger partial charge in [-0.25, -0.2) is 0 Å². The molecule has 0 atom stereocenters. The van der Waals surface area contributed by atoms with E-state index >= 15 is 0 Å². The fraction of sp³-hybridized carbons (Fsp3) is 0.263. The van der Waals surface area contributed by atoms with Crippen LogP contribution in [0.1, 0.15) is 16.7 Å². The van der Waals surface area contributed by atoms with Crippen LogP contribution in [0.3, 0.4) is 0 Å². The van der Waals surface area contributed by atoms with Crippen LogP contribution >= 0.6 is 33.3 Å². The normalized spacial score (nSPS) is 11.8. The van der Waals surface area contributed by atoms with E-state index in [-0.39, 0.29) is 0 Å². The molecule has 0 saturated carbocycles. The molecule has 0 spiro atoms. The van der Waals surface area contributed by atoms with Gasteiger partial charge in [0.25, 0.3) is 0 Å². The van der Waals surface area contributed by atoms with Gasteiger partial charge in [0, 0.05) is 17.3 Å². The van der Waals surface area contributed by atoms with Crippen LogP contribution in [-0.2, 0) is 17.7 Å². The molecule has 7 heteroatoms. The molecule has 0 bridgehead atoms. The Morgan fingerprint density at radius 2 is 1.77 bits per heavy atom. The number of rotatable bonds is 9. The standard InChI is InChI=1S/C19H19F3OS3/c1-23-18-5-2-4-16(12-18)14-26-25-11-3-10-24-13-15-6-8-17(9-7-15)19(20,21)22/h2-9,11-12H,10,13-14H2,1H3/b11-3+. The van der Waals surface area contributed by atoms with E-state index in [1.807, 2.05) is 23.6 Å². The van der Waals surface area contributed by atoms with Crippen molar-refractivity contribution in [3.05, 3.63) is 76.7 Å². The van der Waals surface area contributed by atoms with Crippen molar-refractivity contribution in [2.75, 3.05) is 12.9 Å². The second-order valence-electron chi connectivity index (χ2n) is 5.29. The molecule has 0 aliphatic carbocycles. The van der Waals surface area contributed by atoms with E-state index in [1.54, 1.807) is 40.5 Å². The van der Waals surface area contributed by atoms with Crippen LogP contribution in [0.2, 0.25) is 0 Å². The lowest BCUT2D eigenvalue weighted by molar-refractivity contribution is -0.137. The Labute approximate surface area is 164 Å². The minimum Gasteiger partial charge on any atom is -0.497 e. The van der Waals surface area contributed by atoms with Gasteiger partial charge in [0.2, 0.25) is 0 Å². The summed E-state index contributed by atoms with van der Waals surface area (Å²) >= 11 is 1.67. The largest absolute Gasteiger partial charge is 0.497 e. The number of hydrogen-bond acceptors (Lipinski definition) is 4. The highest BCUT2D eigenvalue weighted by Crippen LogP contribution is 2.30. The van der Waals surface area contributed by atoms with Crippen molar-refractivity contribution in [3.8, 4) is 5.75 Å². The maximum atomic E-state index is 12.5. The molecule has 0 N–H and O–H groups in total. The fourth-order valence-electron chi connectivity index (χ4n) is 2.02. The number of methoxy groups -OCH3 is 1. The minimum absolute atomic E-state index is 0.601. The van der Waals surface area contributed by atoms with Gasteiger partial charge >= 0.3 is 6.18 Å². The third-order valence-electron chi connectivity index (χ3n) is 3.34. The molecule has 0 aliphatic heterocycles. The van der Waals surface area contributed by atoms with Crippen molar-refractivity contribution in [2.24, 2.45) is 0 Å². The molecule has 2 aromatic rings. The minimum atomic E-state index is -4.27. The molecule has 0 fully saturated rings. The first-order valence-corrected chi connectivity index (χ1v) is 11.3. The average Bonchev–Trinajstić information content (AvgIpc) is 2.63. The zero-order valence-corrected chi connectivity index (χ0v) is 16.6. The van der Waals surface area contributed by atoms with E-state index in [0.29, 0.717) is 5.75 Å². The number of alkyl halides is 3. The molecule has 2 rings (SSSR count). The summed E-state index contributed by atoms with van der Waals surface area (Å²) in [5.74, 6) is 3.28. The number of ether oxygens (including phenoxy) is 1. The molecule has 0 radical (unpaired) electrons. The number of benzene rings is 2. The Morgan fingerprint density at radius 3 is 2.46 bits per heavy atom. The first-order valence-electron chi connectivity index (χ1n) is 7.79. The average molecular weight is 417 g/mol. The summed E-state index contributed by atoms with van der Waals surface area (Å²) in [6, 6.07) is 13.4. The molecule has 0 saturated heterocycles. The summed E-state index contributed by atoms with van der Waals surface area (Å²) in [6.07, 6.45) is -2.20. The number of hydrogen-bond donors (Lipinski definition) is 0. The number of halogens is 3. The van der Waals surface area contributed by atoms with Gasteiger partial charge in [-0.2, -0.15) is 24.9 Å². The summed E-state index contributed by atoms with van der Waals surface area (Å²) in [5, 5.41) is 2.05. The van der Waals surface area contributed by atoms with Crippen molar-refractivity contribution in [1.29, 1.82) is 0 Å². The zero-order chi connectivity index (χ0) is 18.8. The summed E-state index contributed by atoms with van der Waals surface area (Å²) in [7, 11) is 5.07. The predicted octanol–water partition coefficient (Wildman–Crippen LogP) is 7.04. The van der Waals surface area contributed by atoms with Gasteiger partial charge in [-0.15, -0.1) is 0 Å². The smallest absolute Gasteiger partial charge is 0.416 e. The van der Waals surface area contributed by atoms with E-state index in [9.17, 15) is 13.2 Å². The quantitative estimate of drug-likeness (QED) is 0.320. The number of thioether (sulfide) groups is 1. The molecule has 0 aromatic heterocycles. The van der Waals surface area contributed by atoms with Gasteiger partial charge in [-0.1, -0.05) is 51.9 Å². The van der Waals surface area contributed by atoms with Gasteiger partial charge in [0.1, 0.15) is 5.75 Å². The summed E-state index contributed by atoms with van der Waals surface area (Å²) < 4.78 is 42.7. The molecular formula is C19H19F3OS3. The molecule has 0 unspecified atom stereocenters. The van der Waals surface area contributed by atoms with Gasteiger partial charge in [-0.3, -0.25) is 0 Å². The van der Waals surface area contributed by atoms with Crippen LogP contribution in [0.5, 0.6) is 5.75 Å². The molecular weight excluding hydrogens is 397 g/mol. The highest BCUT2D eigenvalue weighted by molar-refractivity contribution is 8.77. The van der Waals surface area contributed by atoms with Crippen LogP contribution in [0.15, 0.2) is 60.0 Å². The SMILES string of the molecule is COc1cccc(CSS/C=C/CSCc2ccc(C(F)(F)F)cc2)c1. The Hall–Kier alpha value is -1.18. The lowest BCUT2D eigenvalue weighted by Crippen LogP contribution is -2.04.